The number of hydrogen-bond acceptors (Lipinski definition) is 3. The number of aliphatic imine (C=N–C) groups is 1. The molecule has 0 atom stereocenters. The van der Waals surface area contributed by atoms with Gasteiger partial charge in [0.1, 0.15) is 0 Å². The van der Waals surface area contributed by atoms with Crippen molar-refractivity contribution in [3.63, 3.8) is 0 Å². The molecule has 0 saturated heterocycles. The average Bonchev–Trinajstić information content (AvgIpc) is 2.64. The molecule has 2 rings (SSSR count). The Balaban J connectivity index is 0.00000364. The Morgan fingerprint density at radius 3 is 2.30 bits per heavy atom. The number of rotatable bonds is 7. The minimum atomic E-state index is -0.103. The molecule has 0 amide bonds. The van der Waals surface area contributed by atoms with Gasteiger partial charge in [-0.2, -0.15) is 0 Å². The van der Waals surface area contributed by atoms with E-state index in [0.717, 1.165) is 10.6 Å². The lowest BCUT2D eigenvalue weighted by Gasteiger charge is -2.26. The Morgan fingerprint density at radius 2 is 1.70 bits per heavy atom. The molecule has 0 radical (unpaired) electrons. The Hall–Kier alpha value is -1.67. The summed E-state index contributed by atoms with van der Waals surface area (Å²) in [5.74, 6) is 1.77. The molecule has 0 heterocycles. The number of nitrogens with one attached hydrogen (secondary N) is 1. The quantitative estimate of drug-likeness (QED) is 0.335. The second-order valence-corrected chi connectivity index (χ2v) is 7.07. The third-order valence-corrected chi connectivity index (χ3v) is 4.47. The molecule has 0 aromatic heterocycles. The predicted octanol–water partition coefficient (Wildman–Crippen LogP) is 4.36. The average molecular weight is 504 g/mol. The first-order valence-electron chi connectivity index (χ1n) is 8.36. The summed E-state index contributed by atoms with van der Waals surface area (Å²) < 4.78 is 10.5. The van der Waals surface area contributed by atoms with Crippen LogP contribution in [0, 0.1) is 0 Å². The molecular weight excluding hydrogens is 477 g/mol. The Morgan fingerprint density at radius 1 is 1.07 bits per heavy atom. The molecule has 0 fully saturated rings. The molecule has 2 aromatic rings. The minimum Gasteiger partial charge on any atom is -0.493 e. The van der Waals surface area contributed by atoms with Crippen molar-refractivity contribution in [2.45, 2.75) is 25.8 Å². The van der Waals surface area contributed by atoms with Crippen LogP contribution in [0.3, 0.4) is 0 Å². The van der Waals surface area contributed by atoms with E-state index in [1.54, 1.807) is 14.2 Å². The van der Waals surface area contributed by atoms with E-state index >= 15 is 0 Å². The summed E-state index contributed by atoms with van der Waals surface area (Å²) in [6.45, 7) is 5.41. The molecule has 0 aliphatic carbocycles. The minimum absolute atomic E-state index is 0. The zero-order chi connectivity index (χ0) is 19.2. The maximum Gasteiger partial charge on any atom is 0.188 e. The maximum absolute atomic E-state index is 6.02. The monoisotopic (exact) mass is 503 g/mol. The Bertz CT molecular complexity index is 764. The van der Waals surface area contributed by atoms with Crippen LogP contribution in [0.2, 0.25) is 5.02 Å². The maximum atomic E-state index is 6.02. The van der Waals surface area contributed by atoms with Gasteiger partial charge >= 0.3 is 0 Å². The number of hydrogen-bond donors (Lipinski definition) is 2. The molecule has 2 aromatic carbocycles. The summed E-state index contributed by atoms with van der Waals surface area (Å²) in [7, 11) is 3.22. The summed E-state index contributed by atoms with van der Waals surface area (Å²) in [4.78, 5) is 4.40. The van der Waals surface area contributed by atoms with Gasteiger partial charge in [-0.25, -0.2) is 4.99 Å². The first-order chi connectivity index (χ1) is 12.4. The number of guanidine groups is 1. The van der Waals surface area contributed by atoms with Gasteiger partial charge in [-0.3, -0.25) is 0 Å². The van der Waals surface area contributed by atoms with Crippen LogP contribution in [-0.4, -0.2) is 26.7 Å². The molecule has 0 aliphatic rings. The van der Waals surface area contributed by atoms with Crippen LogP contribution in [0.1, 0.15) is 25.0 Å². The summed E-state index contributed by atoms with van der Waals surface area (Å²) in [6.07, 6.45) is 0. The van der Waals surface area contributed by atoms with Gasteiger partial charge in [0.15, 0.2) is 17.5 Å². The highest BCUT2D eigenvalue weighted by molar-refractivity contribution is 14.0. The third-order valence-electron chi connectivity index (χ3n) is 4.22. The van der Waals surface area contributed by atoms with Crippen LogP contribution < -0.4 is 20.5 Å². The Labute approximate surface area is 183 Å². The molecule has 0 aliphatic heterocycles. The molecule has 0 saturated carbocycles. The largest absolute Gasteiger partial charge is 0.493 e. The van der Waals surface area contributed by atoms with Gasteiger partial charge < -0.3 is 20.5 Å². The summed E-state index contributed by atoms with van der Waals surface area (Å²) >= 11 is 5.96. The van der Waals surface area contributed by atoms with Gasteiger partial charge in [0, 0.05) is 17.0 Å². The lowest BCUT2D eigenvalue weighted by atomic mass is 9.85. The fourth-order valence-electron chi connectivity index (χ4n) is 2.53. The number of methoxy groups -OCH3 is 2. The van der Waals surface area contributed by atoms with Crippen molar-refractivity contribution >= 4 is 41.5 Å². The predicted molar refractivity (Wildman–Crippen MR) is 123 cm³/mol. The van der Waals surface area contributed by atoms with Crippen LogP contribution >= 0.6 is 35.6 Å². The zero-order valence-corrected chi connectivity index (χ0v) is 19.2. The van der Waals surface area contributed by atoms with Gasteiger partial charge in [-0.1, -0.05) is 43.6 Å². The van der Waals surface area contributed by atoms with E-state index in [1.807, 2.05) is 42.5 Å². The van der Waals surface area contributed by atoms with E-state index < -0.39 is 0 Å². The van der Waals surface area contributed by atoms with Crippen molar-refractivity contribution in [3.05, 3.63) is 58.6 Å². The van der Waals surface area contributed by atoms with Crippen LogP contribution in [0.25, 0.3) is 0 Å². The lowest BCUT2D eigenvalue weighted by Crippen LogP contribution is -2.40. The van der Waals surface area contributed by atoms with Crippen molar-refractivity contribution in [3.8, 4) is 11.5 Å². The van der Waals surface area contributed by atoms with Gasteiger partial charge in [-0.15, -0.1) is 24.0 Å². The van der Waals surface area contributed by atoms with Crippen LogP contribution in [0.4, 0.5) is 0 Å². The van der Waals surface area contributed by atoms with E-state index in [2.05, 4.69) is 24.2 Å². The molecule has 0 spiro atoms. The van der Waals surface area contributed by atoms with E-state index in [0.29, 0.717) is 30.5 Å². The number of ether oxygens (including phenoxy) is 2. The number of nitrogens with zero attached hydrogens (tertiary/aromatic N) is 1. The van der Waals surface area contributed by atoms with Crippen LogP contribution in [-0.2, 0) is 12.0 Å². The fraction of sp³-hybridized carbons (Fsp3) is 0.350. The van der Waals surface area contributed by atoms with Crippen LogP contribution in [0.5, 0.6) is 11.5 Å². The third kappa shape index (κ3) is 6.77. The molecule has 0 unspecified atom stereocenters. The lowest BCUT2D eigenvalue weighted by molar-refractivity contribution is 0.354. The molecule has 27 heavy (non-hydrogen) atoms. The number of nitrogens with two attached hydrogens (primary N) is 1. The zero-order valence-electron chi connectivity index (χ0n) is 16.1. The van der Waals surface area contributed by atoms with Crippen LogP contribution in [0.15, 0.2) is 47.5 Å². The SMILES string of the molecule is COc1ccc(CN=C(N)NCC(C)(C)c2ccc(Cl)cc2)cc1OC.I. The molecule has 7 heteroatoms. The highest BCUT2D eigenvalue weighted by Gasteiger charge is 2.20. The summed E-state index contributed by atoms with van der Waals surface area (Å²) in [6, 6.07) is 13.5. The van der Waals surface area contributed by atoms with E-state index in [4.69, 9.17) is 26.8 Å². The topological polar surface area (TPSA) is 68.9 Å². The van der Waals surface area contributed by atoms with Crippen molar-refractivity contribution in [1.82, 2.24) is 5.32 Å². The van der Waals surface area contributed by atoms with E-state index in [9.17, 15) is 0 Å². The molecule has 0 bridgehead atoms. The van der Waals surface area contributed by atoms with Crippen molar-refractivity contribution in [2.24, 2.45) is 10.7 Å². The standard InChI is InChI=1S/C20H26ClN3O2.HI/c1-20(2,15-6-8-16(21)9-7-15)13-24-19(22)23-12-14-5-10-17(25-3)18(11-14)26-4;/h5-11H,12-13H2,1-4H3,(H3,22,23,24);1H. The van der Waals surface area contributed by atoms with Gasteiger partial charge in [-0.05, 0) is 35.4 Å². The van der Waals surface area contributed by atoms with E-state index in [-0.39, 0.29) is 29.4 Å². The normalized spacial score (nSPS) is 11.5. The molecule has 148 valence electrons. The number of benzene rings is 2. The van der Waals surface area contributed by atoms with Gasteiger partial charge in [0.05, 0.1) is 20.8 Å². The fourth-order valence-corrected chi connectivity index (χ4v) is 2.65. The van der Waals surface area contributed by atoms with Crippen molar-refractivity contribution in [2.75, 3.05) is 20.8 Å². The Kier molecular flexibility index (Phi) is 9.18. The van der Waals surface area contributed by atoms with Crippen molar-refractivity contribution in [1.29, 1.82) is 0 Å². The molecule has 3 N–H and O–H groups in total. The number of halogens is 2. The highest BCUT2D eigenvalue weighted by atomic mass is 127. The first kappa shape index (κ1) is 23.4. The smallest absolute Gasteiger partial charge is 0.188 e. The second kappa shape index (κ2) is 10.6. The van der Waals surface area contributed by atoms with E-state index in [1.165, 1.54) is 5.56 Å². The second-order valence-electron chi connectivity index (χ2n) is 6.64. The highest BCUT2D eigenvalue weighted by Crippen LogP contribution is 2.28. The first-order valence-corrected chi connectivity index (χ1v) is 8.74. The van der Waals surface area contributed by atoms with Gasteiger partial charge in [0.2, 0.25) is 0 Å². The van der Waals surface area contributed by atoms with Crippen molar-refractivity contribution < 1.29 is 9.47 Å². The summed E-state index contributed by atoms with van der Waals surface area (Å²) in [5, 5.41) is 3.93. The van der Waals surface area contributed by atoms with Gasteiger partial charge in [0.25, 0.3) is 0 Å². The molecular formula is C20H27ClIN3O2. The summed E-state index contributed by atoms with van der Waals surface area (Å²) in [5.41, 5.74) is 8.09. The molecule has 5 nitrogen and oxygen atoms in total.